The van der Waals surface area contributed by atoms with E-state index in [0.29, 0.717) is 12.4 Å². The molecule has 64 valence electrons. The first-order valence-electron chi connectivity index (χ1n) is 3.51. The predicted octanol–water partition coefficient (Wildman–Crippen LogP) is 1.15. The Balaban J connectivity index is 2.34. The Morgan fingerprint density at radius 2 is 2.42 bits per heavy atom. The summed E-state index contributed by atoms with van der Waals surface area (Å²) in [6.07, 6.45) is 3.20. The topological polar surface area (TPSA) is 38.8 Å². The molecule has 0 bridgehead atoms. The second-order valence-corrected chi connectivity index (χ2v) is 3.60. The first kappa shape index (κ1) is 8.01. The van der Waals surface area contributed by atoms with Gasteiger partial charge < -0.3 is 9.47 Å². The molecule has 1 saturated heterocycles. The van der Waals surface area contributed by atoms with Crippen LogP contribution in [0.3, 0.4) is 0 Å². The lowest BCUT2D eigenvalue weighted by Gasteiger charge is -2.13. The van der Waals surface area contributed by atoms with Gasteiger partial charge >= 0.3 is 0 Å². The fraction of sp³-hybridized carbons (Fsp3) is 0.375. The zero-order valence-corrected chi connectivity index (χ0v) is 8.05. The van der Waals surface area contributed by atoms with Crippen molar-refractivity contribution < 1.29 is 14.3 Å². The summed E-state index contributed by atoms with van der Waals surface area (Å²) in [7, 11) is 1.53. The van der Waals surface area contributed by atoms with Crippen molar-refractivity contribution in [3.63, 3.8) is 0 Å². The van der Waals surface area contributed by atoms with E-state index in [1.165, 1.54) is 13.2 Å². The standard InChI is InChI=1S/C8H7BrO3/c1-11-6-2-7(10)8(4-12-8)3-5(6)9/h2-3H,4H2,1H3/t8-/m0/s1. The van der Waals surface area contributed by atoms with E-state index in [2.05, 4.69) is 15.9 Å². The van der Waals surface area contributed by atoms with Crippen molar-refractivity contribution in [1.82, 2.24) is 0 Å². The molecule has 0 aromatic heterocycles. The molecule has 1 spiro atoms. The molecular weight excluding hydrogens is 224 g/mol. The van der Waals surface area contributed by atoms with Crippen LogP contribution in [0.15, 0.2) is 22.4 Å². The molecule has 0 unspecified atom stereocenters. The van der Waals surface area contributed by atoms with E-state index in [1.807, 2.05) is 0 Å². The maximum absolute atomic E-state index is 11.3. The third-order valence-electron chi connectivity index (χ3n) is 1.95. The van der Waals surface area contributed by atoms with Crippen molar-refractivity contribution in [2.75, 3.05) is 13.7 Å². The molecule has 0 aromatic carbocycles. The summed E-state index contributed by atoms with van der Waals surface area (Å²) < 4.78 is 10.8. The minimum atomic E-state index is -0.666. The number of hydrogen-bond acceptors (Lipinski definition) is 3. The lowest BCUT2D eigenvalue weighted by molar-refractivity contribution is -0.118. The molecular formula is C8H7BrO3. The normalized spacial score (nSPS) is 33.0. The van der Waals surface area contributed by atoms with Crippen LogP contribution in [0.5, 0.6) is 0 Å². The third kappa shape index (κ3) is 1.03. The van der Waals surface area contributed by atoms with E-state index in [0.717, 1.165) is 4.48 Å². The number of ether oxygens (including phenoxy) is 2. The maximum Gasteiger partial charge on any atom is 0.197 e. The van der Waals surface area contributed by atoms with E-state index in [4.69, 9.17) is 9.47 Å². The monoisotopic (exact) mass is 230 g/mol. The number of allylic oxidation sites excluding steroid dienone is 1. The fourth-order valence-corrected chi connectivity index (χ4v) is 1.76. The zero-order chi connectivity index (χ0) is 8.77. The highest BCUT2D eigenvalue weighted by Gasteiger charge is 2.51. The minimum Gasteiger partial charge on any atom is -0.495 e. The molecule has 0 saturated carbocycles. The number of halogens is 1. The molecule has 12 heavy (non-hydrogen) atoms. The second kappa shape index (κ2) is 2.44. The molecule has 1 aliphatic carbocycles. The maximum atomic E-state index is 11.3. The summed E-state index contributed by atoms with van der Waals surface area (Å²) in [5.41, 5.74) is -0.666. The second-order valence-electron chi connectivity index (χ2n) is 2.75. The molecule has 0 N–H and O–H groups in total. The van der Waals surface area contributed by atoms with Gasteiger partial charge in [0.15, 0.2) is 11.4 Å². The lowest BCUT2D eigenvalue weighted by atomic mass is 10.00. The van der Waals surface area contributed by atoms with Crippen LogP contribution in [-0.4, -0.2) is 25.1 Å². The van der Waals surface area contributed by atoms with Crippen LogP contribution in [0.2, 0.25) is 0 Å². The SMILES string of the molecule is COC1=CC(=O)[C@]2(C=C1Br)CO2. The summed E-state index contributed by atoms with van der Waals surface area (Å²) in [6, 6.07) is 0. The van der Waals surface area contributed by atoms with Crippen molar-refractivity contribution in [3.05, 3.63) is 22.4 Å². The van der Waals surface area contributed by atoms with Crippen molar-refractivity contribution in [3.8, 4) is 0 Å². The summed E-state index contributed by atoms with van der Waals surface area (Å²) in [5, 5.41) is 0. The van der Waals surface area contributed by atoms with Gasteiger partial charge in [-0.2, -0.15) is 0 Å². The van der Waals surface area contributed by atoms with Gasteiger partial charge in [0.05, 0.1) is 18.2 Å². The smallest absolute Gasteiger partial charge is 0.197 e. The average molecular weight is 231 g/mol. The number of rotatable bonds is 1. The molecule has 1 atom stereocenters. The molecule has 1 heterocycles. The number of hydrogen-bond donors (Lipinski definition) is 0. The van der Waals surface area contributed by atoms with Gasteiger partial charge in [0.25, 0.3) is 0 Å². The predicted molar refractivity (Wildman–Crippen MR) is 45.8 cm³/mol. The number of carbonyl (C=O) groups is 1. The lowest BCUT2D eigenvalue weighted by Crippen LogP contribution is -2.24. The number of carbonyl (C=O) groups excluding carboxylic acids is 1. The highest BCUT2D eigenvalue weighted by Crippen LogP contribution is 2.38. The van der Waals surface area contributed by atoms with E-state index in [1.54, 1.807) is 6.08 Å². The molecule has 4 heteroatoms. The Labute approximate surface area is 78.2 Å². The molecule has 0 radical (unpaired) electrons. The number of epoxide rings is 1. The van der Waals surface area contributed by atoms with Crippen molar-refractivity contribution in [2.45, 2.75) is 5.60 Å². The van der Waals surface area contributed by atoms with Gasteiger partial charge in [-0.25, -0.2) is 0 Å². The van der Waals surface area contributed by atoms with Crippen LogP contribution in [0.1, 0.15) is 0 Å². The zero-order valence-electron chi connectivity index (χ0n) is 6.46. The fourth-order valence-electron chi connectivity index (χ4n) is 1.12. The van der Waals surface area contributed by atoms with E-state index in [9.17, 15) is 4.79 Å². The van der Waals surface area contributed by atoms with Gasteiger partial charge in [0.2, 0.25) is 0 Å². The van der Waals surface area contributed by atoms with Crippen molar-refractivity contribution in [1.29, 1.82) is 0 Å². The summed E-state index contributed by atoms with van der Waals surface area (Å²) >= 11 is 3.29. The van der Waals surface area contributed by atoms with Gasteiger partial charge in [0, 0.05) is 6.08 Å². The van der Waals surface area contributed by atoms with Crippen LogP contribution in [0, 0.1) is 0 Å². The Kier molecular flexibility index (Phi) is 1.63. The largest absolute Gasteiger partial charge is 0.495 e. The van der Waals surface area contributed by atoms with Crippen LogP contribution in [-0.2, 0) is 14.3 Å². The summed E-state index contributed by atoms with van der Waals surface area (Å²) in [5.74, 6) is 0.517. The van der Waals surface area contributed by atoms with Gasteiger partial charge in [0.1, 0.15) is 5.76 Å². The quantitative estimate of drug-likeness (QED) is 0.635. The summed E-state index contributed by atoms with van der Waals surface area (Å²) in [4.78, 5) is 11.3. The van der Waals surface area contributed by atoms with Gasteiger partial charge in [-0.1, -0.05) is 0 Å². The Morgan fingerprint density at radius 3 is 2.92 bits per heavy atom. The Morgan fingerprint density at radius 1 is 1.75 bits per heavy atom. The first-order valence-corrected chi connectivity index (χ1v) is 4.30. The van der Waals surface area contributed by atoms with Crippen LogP contribution in [0.25, 0.3) is 0 Å². The molecule has 0 aromatic rings. The van der Waals surface area contributed by atoms with Gasteiger partial charge in [-0.05, 0) is 22.0 Å². The van der Waals surface area contributed by atoms with Crippen molar-refractivity contribution in [2.24, 2.45) is 0 Å². The molecule has 2 rings (SSSR count). The Bertz CT molecular complexity index is 299. The third-order valence-corrected chi connectivity index (χ3v) is 2.57. The number of methoxy groups -OCH3 is 1. The minimum absolute atomic E-state index is 0.0393. The Hall–Kier alpha value is -0.610. The van der Waals surface area contributed by atoms with Crippen molar-refractivity contribution >= 4 is 21.7 Å². The van der Waals surface area contributed by atoms with E-state index in [-0.39, 0.29) is 5.78 Å². The highest BCUT2D eigenvalue weighted by atomic mass is 79.9. The summed E-state index contributed by atoms with van der Waals surface area (Å²) in [6.45, 7) is 0.481. The highest BCUT2D eigenvalue weighted by molar-refractivity contribution is 9.12. The van der Waals surface area contributed by atoms with Gasteiger partial charge in [-0.3, -0.25) is 4.79 Å². The first-order chi connectivity index (χ1) is 5.68. The molecule has 0 amide bonds. The molecule has 1 aliphatic heterocycles. The average Bonchev–Trinajstić information content (AvgIpc) is 2.78. The van der Waals surface area contributed by atoms with E-state index >= 15 is 0 Å². The molecule has 1 fully saturated rings. The van der Waals surface area contributed by atoms with Gasteiger partial charge in [-0.15, -0.1) is 0 Å². The van der Waals surface area contributed by atoms with E-state index < -0.39 is 5.60 Å². The molecule has 3 nitrogen and oxygen atoms in total. The number of ketones is 1. The van der Waals surface area contributed by atoms with Crippen LogP contribution in [0.4, 0.5) is 0 Å². The van der Waals surface area contributed by atoms with Crippen LogP contribution < -0.4 is 0 Å². The molecule has 2 aliphatic rings. The van der Waals surface area contributed by atoms with Crippen LogP contribution >= 0.6 is 15.9 Å².